The van der Waals surface area contributed by atoms with E-state index < -0.39 is 0 Å². The van der Waals surface area contributed by atoms with Crippen LogP contribution in [0.5, 0.6) is 0 Å². The lowest BCUT2D eigenvalue weighted by Gasteiger charge is -2.18. The molecule has 5 heteroatoms. The van der Waals surface area contributed by atoms with Crippen LogP contribution in [-0.4, -0.2) is 12.5 Å². The summed E-state index contributed by atoms with van der Waals surface area (Å²) in [5, 5.41) is 4.63. The zero-order valence-corrected chi connectivity index (χ0v) is 13.1. The fourth-order valence-electron chi connectivity index (χ4n) is 2.22. The molecule has 1 aromatic carbocycles. The van der Waals surface area contributed by atoms with Gasteiger partial charge in [-0.25, -0.2) is 0 Å². The van der Waals surface area contributed by atoms with E-state index in [9.17, 15) is 4.79 Å². The van der Waals surface area contributed by atoms with Gasteiger partial charge in [0.15, 0.2) is 0 Å². The average molecular weight is 357 g/mol. The molecule has 2 heterocycles. The maximum Gasteiger partial charge on any atom is 0.251 e. The van der Waals surface area contributed by atoms with Crippen molar-refractivity contribution in [1.82, 2.24) is 5.32 Å². The summed E-state index contributed by atoms with van der Waals surface area (Å²) in [6.07, 6.45) is 0.886. The van der Waals surface area contributed by atoms with Gasteiger partial charge in [-0.15, -0.1) is 22.9 Å². The van der Waals surface area contributed by atoms with Crippen molar-refractivity contribution >= 4 is 44.8 Å². The molecule has 1 atom stereocenters. The highest BCUT2D eigenvalue weighted by molar-refractivity contribution is 9.10. The maximum atomic E-state index is 11.9. The Morgan fingerprint density at radius 3 is 2.95 bits per heavy atom. The smallest absolute Gasteiger partial charge is 0.251 e. The van der Waals surface area contributed by atoms with Crippen molar-refractivity contribution < 1.29 is 4.79 Å². The molecule has 1 unspecified atom stereocenters. The summed E-state index contributed by atoms with van der Waals surface area (Å²) in [7, 11) is 0. The lowest BCUT2D eigenvalue weighted by atomic mass is 9.96. The van der Waals surface area contributed by atoms with Gasteiger partial charge in [0.1, 0.15) is 0 Å². The third-order valence-corrected chi connectivity index (χ3v) is 5.76. The summed E-state index contributed by atoms with van der Waals surface area (Å²) < 4.78 is 1.01. The number of fused-ring (bicyclic) bond motifs is 1. The summed E-state index contributed by atoms with van der Waals surface area (Å²) in [4.78, 5) is 12.9. The summed E-state index contributed by atoms with van der Waals surface area (Å²) in [6.45, 7) is 0.714. The topological polar surface area (TPSA) is 29.1 Å². The number of benzene rings is 1. The first-order valence-corrected chi connectivity index (χ1v) is 8.05. The van der Waals surface area contributed by atoms with Crippen LogP contribution in [0.4, 0.5) is 0 Å². The third-order valence-electron chi connectivity index (χ3n) is 3.23. The number of thiophene rings is 1. The Labute approximate surface area is 128 Å². The normalized spacial score (nSPS) is 15.8. The lowest BCUT2D eigenvalue weighted by Crippen LogP contribution is -2.31. The Morgan fingerprint density at radius 1 is 1.37 bits per heavy atom. The van der Waals surface area contributed by atoms with Crippen LogP contribution in [0, 0.1) is 0 Å². The van der Waals surface area contributed by atoms with E-state index in [1.54, 1.807) is 11.3 Å². The molecule has 0 spiro atoms. The Bertz CT molecular complexity index is 640. The van der Waals surface area contributed by atoms with Gasteiger partial charge in [-0.2, -0.15) is 0 Å². The fourth-order valence-corrected chi connectivity index (χ4v) is 4.37. The molecule has 0 fully saturated rings. The van der Waals surface area contributed by atoms with E-state index in [1.807, 2.05) is 29.6 Å². The monoisotopic (exact) mass is 355 g/mol. The molecule has 3 rings (SSSR count). The second-order valence-corrected chi connectivity index (χ2v) is 6.66. The second kappa shape index (κ2) is 5.27. The quantitative estimate of drug-likeness (QED) is 0.806. The van der Waals surface area contributed by atoms with E-state index in [1.165, 1.54) is 0 Å². The molecule has 1 aromatic heterocycles. The predicted molar refractivity (Wildman–Crippen MR) is 82.2 cm³/mol. The standard InChI is InChI=1S/C14H11BrClNOS/c15-11-4-6-19-13(11)12(16)9-2-1-8-3-5-17-14(18)10(8)7-9/h1-2,4,6-7,12H,3,5H2,(H,17,18). The molecule has 2 aromatic rings. The number of rotatable bonds is 2. The summed E-state index contributed by atoms with van der Waals surface area (Å²) in [5.74, 6) is -0.00258. The second-order valence-electron chi connectivity index (χ2n) is 4.42. The lowest BCUT2D eigenvalue weighted by molar-refractivity contribution is 0.0946. The maximum absolute atomic E-state index is 11.9. The van der Waals surface area contributed by atoms with Gasteiger partial charge in [0.2, 0.25) is 0 Å². The molecule has 98 valence electrons. The van der Waals surface area contributed by atoms with Crippen molar-refractivity contribution in [2.24, 2.45) is 0 Å². The van der Waals surface area contributed by atoms with Crippen LogP contribution in [-0.2, 0) is 6.42 Å². The van der Waals surface area contributed by atoms with Crippen molar-refractivity contribution in [3.05, 3.63) is 55.7 Å². The van der Waals surface area contributed by atoms with E-state index in [0.717, 1.165) is 32.5 Å². The minimum absolute atomic E-state index is 0.00258. The first kappa shape index (κ1) is 13.2. The van der Waals surface area contributed by atoms with Gasteiger partial charge in [-0.3, -0.25) is 4.79 Å². The van der Waals surface area contributed by atoms with Crippen molar-refractivity contribution in [3.63, 3.8) is 0 Å². The molecular formula is C14H11BrClNOS. The van der Waals surface area contributed by atoms with E-state index >= 15 is 0 Å². The van der Waals surface area contributed by atoms with E-state index in [-0.39, 0.29) is 11.3 Å². The number of carbonyl (C=O) groups excluding carboxylic acids is 1. The molecule has 0 radical (unpaired) electrons. The van der Waals surface area contributed by atoms with Crippen molar-refractivity contribution in [2.75, 3.05) is 6.54 Å². The van der Waals surface area contributed by atoms with Crippen LogP contribution in [0.15, 0.2) is 34.1 Å². The van der Waals surface area contributed by atoms with Crippen molar-refractivity contribution in [3.8, 4) is 0 Å². The number of nitrogens with one attached hydrogen (secondary N) is 1. The van der Waals surface area contributed by atoms with E-state index in [2.05, 4.69) is 21.2 Å². The number of carbonyl (C=O) groups is 1. The van der Waals surface area contributed by atoms with Crippen molar-refractivity contribution in [2.45, 2.75) is 11.8 Å². The van der Waals surface area contributed by atoms with Gasteiger partial charge in [-0.1, -0.05) is 12.1 Å². The molecule has 0 bridgehead atoms. The summed E-state index contributed by atoms with van der Waals surface area (Å²) in [5.41, 5.74) is 2.81. The first-order valence-electron chi connectivity index (χ1n) is 5.95. The van der Waals surface area contributed by atoms with Gasteiger partial charge in [-0.05, 0) is 51.0 Å². The number of alkyl halides is 1. The first-order chi connectivity index (χ1) is 9.16. The number of amides is 1. The molecule has 1 N–H and O–H groups in total. The molecule has 1 aliphatic rings. The van der Waals surface area contributed by atoms with Gasteiger partial charge in [0.05, 0.1) is 5.38 Å². The molecule has 0 saturated heterocycles. The molecule has 0 aliphatic carbocycles. The van der Waals surface area contributed by atoms with Crippen LogP contribution in [0.2, 0.25) is 0 Å². The average Bonchev–Trinajstić information content (AvgIpc) is 2.84. The minimum atomic E-state index is -0.227. The van der Waals surface area contributed by atoms with Gasteiger partial charge in [0, 0.05) is 21.5 Å². The zero-order valence-electron chi connectivity index (χ0n) is 9.95. The molecule has 1 amide bonds. The largest absolute Gasteiger partial charge is 0.352 e. The van der Waals surface area contributed by atoms with Gasteiger partial charge in [0.25, 0.3) is 5.91 Å². The van der Waals surface area contributed by atoms with Crippen LogP contribution in [0.1, 0.15) is 31.7 Å². The van der Waals surface area contributed by atoms with Crippen LogP contribution >= 0.6 is 38.9 Å². The Kier molecular flexibility index (Phi) is 3.65. The van der Waals surface area contributed by atoms with E-state index in [4.69, 9.17) is 11.6 Å². The third kappa shape index (κ3) is 2.45. The fraction of sp³-hybridized carbons (Fsp3) is 0.214. The van der Waals surface area contributed by atoms with Crippen molar-refractivity contribution in [1.29, 1.82) is 0 Å². The number of hydrogen-bond donors (Lipinski definition) is 1. The predicted octanol–water partition coefficient (Wildman–Crippen LogP) is 4.12. The summed E-state index contributed by atoms with van der Waals surface area (Å²) >= 11 is 11.6. The molecule has 2 nitrogen and oxygen atoms in total. The minimum Gasteiger partial charge on any atom is -0.352 e. The highest BCUT2D eigenvalue weighted by Crippen LogP contribution is 2.38. The zero-order chi connectivity index (χ0) is 13.4. The van der Waals surface area contributed by atoms with Gasteiger partial charge < -0.3 is 5.32 Å². The molecule has 1 aliphatic heterocycles. The van der Waals surface area contributed by atoms with Crippen LogP contribution in [0.3, 0.4) is 0 Å². The number of hydrogen-bond acceptors (Lipinski definition) is 2. The highest BCUT2D eigenvalue weighted by atomic mass is 79.9. The molecular weight excluding hydrogens is 346 g/mol. The van der Waals surface area contributed by atoms with Crippen LogP contribution in [0.25, 0.3) is 0 Å². The van der Waals surface area contributed by atoms with Gasteiger partial charge >= 0.3 is 0 Å². The summed E-state index contributed by atoms with van der Waals surface area (Å²) in [6, 6.07) is 7.93. The highest BCUT2D eigenvalue weighted by Gasteiger charge is 2.21. The SMILES string of the molecule is O=C1NCCc2ccc(C(Cl)c3sccc3Br)cc21. The Morgan fingerprint density at radius 2 is 2.21 bits per heavy atom. The van der Waals surface area contributed by atoms with E-state index in [0.29, 0.717) is 6.54 Å². The Hall–Kier alpha value is -0.840. The molecule has 0 saturated carbocycles. The Balaban J connectivity index is 2.00. The van der Waals surface area contributed by atoms with Crippen LogP contribution < -0.4 is 5.32 Å². The molecule has 19 heavy (non-hydrogen) atoms. The number of halogens is 2.